The molecule has 7 nitrogen and oxygen atoms in total. The smallest absolute Gasteiger partial charge is 0.286 e. The number of hydrogen-bond acceptors (Lipinski definition) is 5. The molecule has 0 unspecified atom stereocenters. The number of hydrogen-bond donors (Lipinski definition) is 1. The van der Waals surface area contributed by atoms with E-state index in [1.165, 1.54) is 11.1 Å². The summed E-state index contributed by atoms with van der Waals surface area (Å²) in [5.41, 5.74) is 2.95. The topological polar surface area (TPSA) is 95.6 Å². The number of nitriles is 1. The Hall–Kier alpha value is -4.05. The van der Waals surface area contributed by atoms with Gasteiger partial charge in [0.25, 0.3) is 5.91 Å². The van der Waals surface area contributed by atoms with E-state index in [0.717, 1.165) is 13.0 Å². The lowest BCUT2D eigenvalue weighted by atomic mass is 9.99. The van der Waals surface area contributed by atoms with E-state index < -0.39 is 0 Å². The first-order valence-electron chi connectivity index (χ1n) is 11.0. The van der Waals surface area contributed by atoms with E-state index in [9.17, 15) is 9.59 Å². The largest absolute Gasteiger partial charge is 0.484 e. The van der Waals surface area contributed by atoms with Gasteiger partial charge in [-0.05, 0) is 48.2 Å². The summed E-state index contributed by atoms with van der Waals surface area (Å²) in [6, 6.07) is 20.5. The predicted molar refractivity (Wildman–Crippen MR) is 121 cm³/mol. The number of benzene rings is 2. The number of rotatable bonds is 8. The molecule has 3 aromatic rings. The van der Waals surface area contributed by atoms with Gasteiger partial charge >= 0.3 is 0 Å². The van der Waals surface area contributed by atoms with E-state index in [4.69, 9.17) is 14.4 Å². The van der Waals surface area contributed by atoms with Crippen LogP contribution in [-0.2, 0) is 24.4 Å². The molecule has 2 amide bonds. The van der Waals surface area contributed by atoms with Gasteiger partial charge in [-0.2, -0.15) is 5.26 Å². The fraction of sp³-hybridized carbons (Fsp3) is 0.269. The molecule has 7 heteroatoms. The third-order valence-corrected chi connectivity index (χ3v) is 5.60. The number of furan rings is 1. The van der Waals surface area contributed by atoms with Gasteiger partial charge in [0.1, 0.15) is 24.2 Å². The van der Waals surface area contributed by atoms with Crippen LogP contribution in [0.3, 0.4) is 0 Å². The van der Waals surface area contributed by atoms with Crippen molar-refractivity contribution >= 4 is 11.8 Å². The summed E-state index contributed by atoms with van der Waals surface area (Å²) in [5.74, 6) is 0.894. The van der Waals surface area contributed by atoms with Gasteiger partial charge in [0.05, 0.1) is 5.56 Å². The third kappa shape index (κ3) is 5.60. The summed E-state index contributed by atoms with van der Waals surface area (Å²) in [5, 5.41) is 11.9. The zero-order valence-electron chi connectivity index (χ0n) is 18.3. The highest BCUT2D eigenvalue weighted by Gasteiger charge is 2.20. The average Bonchev–Trinajstić information content (AvgIpc) is 3.34. The van der Waals surface area contributed by atoms with Gasteiger partial charge in [-0.1, -0.05) is 36.4 Å². The summed E-state index contributed by atoms with van der Waals surface area (Å²) >= 11 is 0. The van der Waals surface area contributed by atoms with Gasteiger partial charge in [-0.25, -0.2) is 0 Å². The van der Waals surface area contributed by atoms with Gasteiger partial charge < -0.3 is 19.4 Å². The average molecular weight is 444 g/mol. The molecule has 0 spiro atoms. The van der Waals surface area contributed by atoms with E-state index in [1.807, 2.05) is 17.0 Å². The molecule has 0 bridgehead atoms. The molecule has 0 atom stereocenters. The minimum atomic E-state index is -0.335. The van der Waals surface area contributed by atoms with Crippen molar-refractivity contribution in [1.82, 2.24) is 10.2 Å². The van der Waals surface area contributed by atoms with Crippen molar-refractivity contribution in [3.05, 3.63) is 88.9 Å². The molecule has 0 saturated carbocycles. The molecule has 1 aliphatic heterocycles. The molecular formula is C26H25N3O4. The monoisotopic (exact) mass is 443 g/mol. The van der Waals surface area contributed by atoms with E-state index in [1.54, 1.807) is 36.4 Å². The molecule has 0 fully saturated rings. The van der Waals surface area contributed by atoms with Crippen molar-refractivity contribution in [3.8, 4) is 11.8 Å². The number of ether oxygens (including phenoxy) is 1. The first-order valence-corrected chi connectivity index (χ1v) is 11.0. The van der Waals surface area contributed by atoms with Gasteiger partial charge in [0, 0.05) is 26.1 Å². The summed E-state index contributed by atoms with van der Waals surface area (Å²) < 4.78 is 11.2. The minimum Gasteiger partial charge on any atom is -0.484 e. The zero-order valence-corrected chi connectivity index (χ0v) is 18.3. The Morgan fingerprint density at radius 3 is 2.70 bits per heavy atom. The van der Waals surface area contributed by atoms with Crippen molar-refractivity contribution < 1.29 is 18.7 Å². The first kappa shape index (κ1) is 22.2. The molecule has 168 valence electrons. The number of para-hydroxylation sites is 1. The lowest BCUT2D eigenvalue weighted by Gasteiger charge is -2.29. The quantitative estimate of drug-likeness (QED) is 0.534. The van der Waals surface area contributed by atoms with Crippen molar-refractivity contribution in [1.29, 1.82) is 5.26 Å². The predicted octanol–water partition coefficient (Wildman–Crippen LogP) is 3.83. The molecule has 0 aliphatic carbocycles. The number of carbonyl (C=O) groups is 2. The van der Waals surface area contributed by atoms with Crippen LogP contribution in [0.1, 0.15) is 45.8 Å². The van der Waals surface area contributed by atoms with Crippen LogP contribution in [-0.4, -0.2) is 29.8 Å². The van der Waals surface area contributed by atoms with Gasteiger partial charge in [-0.15, -0.1) is 0 Å². The normalized spacial score (nSPS) is 12.5. The van der Waals surface area contributed by atoms with E-state index in [-0.39, 0.29) is 24.2 Å². The van der Waals surface area contributed by atoms with Crippen molar-refractivity contribution in [2.75, 3.05) is 13.1 Å². The number of carbonyl (C=O) groups excluding carboxylic acids is 2. The van der Waals surface area contributed by atoms with E-state index in [0.29, 0.717) is 43.0 Å². The number of nitrogens with one attached hydrogen (secondary N) is 1. The molecule has 4 rings (SSSR count). The van der Waals surface area contributed by atoms with E-state index in [2.05, 4.69) is 23.5 Å². The molecule has 0 saturated heterocycles. The molecule has 1 aliphatic rings. The minimum absolute atomic E-state index is 0.105. The van der Waals surface area contributed by atoms with Gasteiger partial charge in [0.15, 0.2) is 5.76 Å². The second-order valence-electron chi connectivity index (χ2n) is 7.86. The molecule has 1 N–H and O–H groups in total. The summed E-state index contributed by atoms with van der Waals surface area (Å²) in [4.78, 5) is 26.7. The summed E-state index contributed by atoms with van der Waals surface area (Å²) in [6.07, 6.45) is 1.83. The molecule has 2 heterocycles. The second-order valence-corrected chi connectivity index (χ2v) is 7.86. The first-order chi connectivity index (χ1) is 16.1. The maximum Gasteiger partial charge on any atom is 0.286 e. The third-order valence-electron chi connectivity index (χ3n) is 5.60. The lowest BCUT2D eigenvalue weighted by molar-refractivity contribution is -0.132. The number of nitrogens with zero attached hydrogens (tertiary/aromatic N) is 2. The highest BCUT2D eigenvalue weighted by molar-refractivity contribution is 5.91. The molecular weight excluding hydrogens is 418 g/mol. The maximum absolute atomic E-state index is 12.5. The standard InChI is InChI=1S/C26H25N3O4/c27-16-20-7-3-4-9-23(20)32-18-22-11-12-24(33-22)26(31)28-14-5-10-25(30)29-15-13-19-6-1-2-8-21(19)17-29/h1-4,6-9,11-12H,5,10,13-15,17-18H2,(H,28,31). The summed E-state index contributed by atoms with van der Waals surface area (Å²) in [6.45, 7) is 1.88. The zero-order chi connectivity index (χ0) is 23.0. The van der Waals surface area contributed by atoms with Crippen LogP contribution in [0.5, 0.6) is 5.75 Å². The van der Waals surface area contributed by atoms with Crippen LogP contribution in [0.25, 0.3) is 0 Å². The Balaban J connectivity index is 1.19. The van der Waals surface area contributed by atoms with Crippen molar-refractivity contribution in [2.45, 2.75) is 32.4 Å². The summed E-state index contributed by atoms with van der Waals surface area (Å²) in [7, 11) is 0. The Labute approximate surface area is 192 Å². The molecule has 33 heavy (non-hydrogen) atoms. The fourth-order valence-corrected chi connectivity index (χ4v) is 3.81. The van der Waals surface area contributed by atoms with Crippen molar-refractivity contribution in [3.63, 3.8) is 0 Å². The Kier molecular flexibility index (Phi) is 7.06. The Morgan fingerprint density at radius 1 is 1.06 bits per heavy atom. The van der Waals surface area contributed by atoms with Crippen LogP contribution in [0.15, 0.2) is 65.1 Å². The second kappa shape index (κ2) is 10.5. The molecule has 2 aromatic carbocycles. The van der Waals surface area contributed by atoms with Crippen molar-refractivity contribution in [2.24, 2.45) is 0 Å². The fourth-order valence-electron chi connectivity index (χ4n) is 3.81. The van der Waals surface area contributed by atoms with Gasteiger partial charge in [0.2, 0.25) is 5.91 Å². The van der Waals surface area contributed by atoms with Crippen LogP contribution in [0.2, 0.25) is 0 Å². The SMILES string of the molecule is N#Cc1ccccc1OCc1ccc(C(=O)NCCCC(=O)N2CCc3ccccc3C2)o1. The van der Waals surface area contributed by atoms with Crippen LogP contribution in [0.4, 0.5) is 0 Å². The molecule has 1 aromatic heterocycles. The number of fused-ring (bicyclic) bond motifs is 1. The highest BCUT2D eigenvalue weighted by atomic mass is 16.5. The molecule has 0 radical (unpaired) electrons. The lowest BCUT2D eigenvalue weighted by Crippen LogP contribution is -2.36. The Bertz CT molecular complexity index is 1180. The highest BCUT2D eigenvalue weighted by Crippen LogP contribution is 2.20. The van der Waals surface area contributed by atoms with Crippen LogP contribution in [0, 0.1) is 11.3 Å². The maximum atomic E-state index is 12.5. The van der Waals surface area contributed by atoms with Gasteiger partial charge in [-0.3, -0.25) is 9.59 Å². The Morgan fingerprint density at radius 2 is 1.85 bits per heavy atom. The van der Waals surface area contributed by atoms with Crippen LogP contribution < -0.4 is 10.1 Å². The van der Waals surface area contributed by atoms with Crippen LogP contribution >= 0.6 is 0 Å². The van der Waals surface area contributed by atoms with E-state index >= 15 is 0 Å². The number of amides is 2.